The van der Waals surface area contributed by atoms with E-state index in [2.05, 4.69) is 220 Å². The quantitative estimate of drug-likeness (QED) is 0.117. The number of hydrogen-bond donors (Lipinski definition) is 0. The Balaban J connectivity index is 1.16. The van der Waals surface area contributed by atoms with Crippen LogP contribution < -0.4 is 20.7 Å². The highest BCUT2D eigenvalue weighted by atomic mass is 32.1. The van der Waals surface area contributed by atoms with Crippen LogP contribution in [0, 0.1) is 0 Å². The van der Waals surface area contributed by atoms with Gasteiger partial charge in [-0.1, -0.05) is 173 Å². The predicted molar refractivity (Wildman–Crippen MR) is 258 cm³/mol. The summed E-state index contributed by atoms with van der Waals surface area (Å²) in [7, 11) is -2.86. The molecule has 10 aromatic rings. The first-order valence-corrected chi connectivity index (χ1v) is 23.9. The van der Waals surface area contributed by atoms with E-state index < -0.39 is 8.07 Å². The van der Waals surface area contributed by atoms with Crippen LogP contribution in [-0.4, -0.2) is 12.6 Å². The molecule has 11 rings (SSSR count). The number of para-hydroxylation sites is 1. The van der Waals surface area contributed by atoms with Gasteiger partial charge < -0.3 is 4.57 Å². The van der Waals surface area contributed by atoms with Gasteiger partial charge in [0.1, 0.15) is 0 Å². The maximum Gasteiger partial charge on any atom is 0.179 e. The molecular weight excluding hydrogens is 747 g/mol. The molecule has 0 N–H and O–H groups in total. The van der Waals surface area contributed by atoms with Crippen molar-refractivity contribution in [2.75, 3.05) is 0 Å². The number of benzene rings is 8. The van der Waals surface area contributed by atoms with Gasteiger partial charge in [0.25, 0.3) is 0 Å². The zero-order valence-corrected chi connectivity index (χ0v) is 36.0. The second-order valence-electron chi connectivity index (χ2n) is 18.0. The minimum Gasteiger partial charge on any atom is -0.309 e. The van der Waals surface area contributed by atoms with Crippen molar-refractivity contribution in [3.63, 3.8) is 0 Å². The number of rotatable bonds is 6. The van der Waals surface area contributed by atoms with Crippen molar-refractivity contribution in [3.8, 4) is 16.8 Å². The molecule has 0 fully saturated rings. The minimum atomic E-state index is -2.86. The van der Waals surface area contributed by atoms with Crippen molar-refractivity contribution in [1.29, 1.82) is 0 Å². The Morgan fingerprint density at radius 2 is 0.983 bits per heavy atom. The second kappa shape index (κ2) is 13.5. The molecule has 0 aliphatic heterocycles. The third-order valence-corrected chi connectivity index (χ3v) is 19.5. The molecule has 8 aromatic carbocycles. The normalized spacial score (nSPS) is 14.9. The molecule has 0 bridgehead atoms. The molecule has 0 saturated carbocycles. The molecule has 59 heavy (non-hydrogen) atoms. The highest BCUT2D eigenvalue weighted by Gasteiger charge is 2.44. The van der Waals surface area contributed by atoms with Gasteiger partial charge in [0.15, 0.2) is 8.07 Å². The smallest absolute Gasteiger partial charge is 0.179 e. The van der Waals surface area contributed by atoms with E-state index in [0.717, 1.165) is 0 Å². The highest BCUT2D eigenvalue weighted by Crippen LogP contribution is 2.45. The van der Waals surface area contributed by atoms with Crippen molar-refractivity contribution in [2.45, 2.75) is 51.4 Å². The third kappa shape index (κ3) is 5.63. The fourth-order valence-corrected chi connectivity index (χ4v) is 16.3. The van der Waals surface area contributed by atoms with Gasteiger partial charge in [-0.25, -0.2) is 0 Å². The van der Waals surface area contributed by atoms with Crippen LogP contribution in [-0.2, 0) is 10.8 Å². The molecule has 0 radical (unpaired) electrons. The second-order valence-corrected chi connectivity index (χ2v) is 22.8. The molecule has 1 aliphatic carbocycles. The average molecular weight is 794 g/mol. The van der Waals surface area contributed by atoms with Crippen LogP contribution in [0.4, 0.5) is 0 Å². The Morgan fingerprint density at radius 1 is 0.407 bits per heavy atom. The monoisotopic (exact) mass is 793 g/mol. The molecule has 0 unspecified atom stereocenters. The van der Waals surface area contributed by atoms with Crippen LogP contribution in [0.25, 0.3) is 58.8 Å². The summed E-state index contributed by atoms with van der Waals surface area (Å²) in [5, 5.41) is 10.8. The molecule has 1 nitrogen and oxygen atoms in total. The van der Waals surface area contributed by atoms with E-state index >= 15 is 0 Å². The van der Waals surface area contributed by atoms with E-state index in [-0.39, 0.29) is 10.8 Å². The lowest BCUT2D eigenvalue weighted by Gasteiger charge is -2.43. The SMILES string of the molecule is CC1(C)CCC(C)(C)c2cc([Si](c3ccccc3)(c3ccccc3)c3cccc(-n4c5ccccc5c5ccc(-c6ccc7sc8ccccc8c7c6)cc54)c3)ccc21. The van der Waals surface area contributed by atoms with Gasteiger partial charge in [0, 0.05) is 36.6 Å². The first kappa shape index (κ1) is 36.1. The van der Waals surface area contributed by atoms with E-state index in [9.17, 15) is 0 Å². The Morgan fingerprint density at radius 3 is 1.75 bits per heavy atom. The van der Waals surface area contributed by atoms with Crippen LogP contribution in [0.1, 0.15) is 51.7 Å². The fourth-order valence-electron chi connectivity index (χ4n) is 10.4. The molecule has 1 aliphatic rings. The Hall–Kier alpha value is -6.00. The molecule has 0 saturated heterocycles. The summed E-state index contributed by atoms with van der Waals surface area (Å²) in [6, 6.07) is 71.8. The standard InChI is InChI=1S/C56H47NSSi/c1-55(2)32-33-56(3,4)50-37-44(28-30-49(50)55)59(41-17-7-5-8-18-41,42-19-9-6-10-20-42)43-21-15-16-40(36-43)57-51-24-13-11-22-45(51)46-29-26-39(35-52(46)57)38-27-31-54-48(34-38)47-23-12-14-25-53(47)58-54/h5-31,34-37H,32-33H2,1-4H3. The van der Waals surface area contributed by atoms with Gasteiger partial charge in [-0.2, -0.15) is 0 Å². The van der Waals surface area contributed by atoms with Crippen molar-refractivity contribution < 1.29 is 0 Å². The summed E-state index contributed by atoms with van der Waals surface area (Å²) in [5.41, 5.74) is 9.36. The molecule has 2 heterocycles. The lowest BCUT2D eigenvalue weighted by atomic mass is 9.63. The summed E-state index contributed by atoms with van der Waals surface area (Å²) in [4.78, 5) is 0. The molecule has 2 aromatic heterocycles. The van der Waals surface area contributed by atoms with E-state index in [1.165, 1.54) is 104 Å². The molecule has 0 spiro atoms. The van der Waals surface area contributed by atoms with Crippen LogP contribution in [0.15, 0.2) is 188 Å². The Kier molecular flexibility index (Phi) is 8.28. The van der Waals surface area contributed by atoms with E-state index in [1.54, 1.807) is 0 Å². The zero-order valence-electron chi connectivity index (χ0n) is 34.2. The van der Waals surface area contributed by atoms with Gasteiger partial charge in [-0.3, -0.25) is 0 Å². The number of fused-ring (bicyclic) bond motifs is 7. The third-order valence-electron chi connectivity index (χ3n) is 13.6. The number of aromatic nitrogens is 1. The summed E-state index contributed by atoms with van der Waals surface area (Å²) in [5.74, 6) is 0. The topological polar surface area (TPSA) is 4.93 Å². The summed E-state index contributed by atoms with van der Waals surface area (Å²) in [6.45, 7) is 9.78. The summed E-state index contributed by atoms with van der Waals surface area (Å²) < 4.78 is 5.19. The predicted octanol–water partition coefficient (Wildman–Crippen LogP) is 12.5. The molecule has 286 valence electrons. The summed E-state index contributed by atoms with van der Waals surface area (Å²) >= 11 is 1.87. The fraction of sp³-hybridized carbons (Fsp3) is 0.143. The first-order chi connectivity index (χ1) is 28.7. The molecular formula is C56H47NSSi. The lowest BCUT2D eigenvalue weighted by molar-refractivity contribution is 0.332. The van der Waals surface area contributed by atoms with Crippen LogP contribution in [0.5, 0.6) is 0 Å². The summed E-state index contributed by atoms with van der Waals surface area (Å²) in [6.07, 6.45) is 2.39. The maximum absolute atomic E-state index is 2.86. The minimum absolute atomic E-state index is 0.0952. The van der Waals surface area contributed by atoms with Crippen molar-refractivity contribution in [3.05, 3.63) is 199 Å². The van der Waals surface area contributed by atoms with Gasteiger partial charge >= 0.3 is 0 Å². The number of hydrogen-bond acceptors (Lipinski definition) is 1. The van der Waals surface area contributed by atoms with Crippen molar-refractivity contribution in [1.82, 2.24) is 4.57 Å². The lowest BCUT2D eigenvalue weighted by Crippen LogP contribution is -2.75. The number of nitrogens with zero attached hydrogens (tertiary/aromatic N) is 1. The average Bonchev–Trinajstić information content (AvgIpc) is 3.81. The molecule has 3 heteroatoms. The van der Waals surface area contributed by atoms with Crippen LogP contribution in [0.3, 0.4) is 0 Å². The van der Waals surface area contributed by atoms with Gasteiger partial charge in [0.05, 0.1) is 11.0 Å². The Labute approximate surface area is 352 Å². The largest absolute Gasteiger partial charge is 0.309 e. The van der Waals surface area contributed by atoms with E-state index in [0.29, 0.717) is 0 Å². The van der Waals surface area contributed by atoms with Crippen molar-refractivity contribution in [2.24, 2.45) is 0 Å². The molecule has 0 atom stereocenters. The van der Waals surface area contributed by atoms with E-state index in [1.807, 2.05) is 11.3 Å². The maximum atomic E-state index is 2.63. The highest BCUT2D eigenvalue weighted by molar-refractivity contribution is 7.25. The Bertz CT molecular complexity index is 3180. The van der Waals surface area contributed by atoms with Crippen LogP contribution in [0.2, 0.25) is 0 Å². The molecule has 0 amide bonds. The van der Waals surface area contributed by atoms with Gasteiger partial charge in [0.2, 0.25) is 0 Å². The van der Waals surface area contributed by atoms with Gasteiger partial charge in [-0.15, -0.1) is 11.3 Å². The van der Waals surface area contributed by atoms with E-state index in [4.69, 9.17) is 0 Å². The number of thiophene rings is 1. The van der Waals surface area contributed by atoms with Crippen molar-refractivity contribution >= 4 is 82.1 Å². The zero-order chi connectivity index (χ0) is 39.9. The van der Waals surface area contributed by atoms with Crippen LogP contribution >= 0.6 is 11.3 Å². The first-order valence-electron chi connectivity index (χ1n) is 21.0. The van der Waals surface area contributed by atoms with Gasteiger partial charge in [-0.05, 0) is 109 Å².